The minimum absolute atomic E-state index is 0.0756. The molecule has 0 heterocycles. The zero-order valence-electron chi connectivity index (χ0n) is 9.23. The van der Waals surface area contributed by atoms with Crippen molar-refractivity contribution in [1.29, 1.82) is 5.26 Å². The van der Waals surface area contributed by atoms with Gasteiger partial charge in [-0.25, -0.2) is 0 Å². The Morgan fingerprint density at radius 2 is 2.27 bits per heavy atom. The van der Waals surface area contributed by atoms with Crippen molar-refractivity contribution >= 4 is 5.78 Å². The molecule has 0 saturated heterocycles. The Labute approximate surface area is 90.1 Å². The second kappa shape index (κ2) is 3.31. The van der Waals surface area contributed by atoms with Gasteiger partial charge < -0.3 is 5.11 Å². The fourth-order valence-electron chi connectivity index (χ4n) is 3.61. The maximum absolute atomic E-state index is 12.0. The number of aliphatic hydroxyl groups is 1. The number of nitriles is 1. The van der Waals surface area contributed by atoms with Gasteiger partial charge in [0.1, 0.15) is 11.9 Å². The number of hydrogen-bond acceptors (Lipinski definition) is 3. The Morgan fingerprint density at radius 1 is 1.60 bits per heavy atom. The first kappa shape index (κ1) is 10.6. The molecule has 0 amide bonds. The van der Waals surface area contributed by atoms with Crippen molar-refractivity contribution in [3.05, 3.63) is 0 Å². The van der Waals surface area contributed by atoms with Gasteiger partial charge in [0, 0.05) is 11.8 Å². The van der Waals surface area contributed by atoms with E-state index in [1.54, 1.807) is 6.07 Å². The molecule has 2 bridgehead atoms. The Hall–Kier alpha value is -0.880. The highest BCUT2D eigenvalue weighted by atomic mass is 16.3. The summed E-state index contributed by atoms with van der Waals surface area (Å²) in [7, 11) is 0. The average molecular weight is 207 g/mol. The van der Waals surface area contributed by atoms with Gasteiger partial charge in [-0.15, -0.1) is 0 Å². The molecule has 4 atom stereocenters. The third-order valence-electron chi connectivity index (χ3n) is 4.44. The molecule has 0 aromatic heterocycles. The van der Waals surface area contributed by atoms with Gasteiger partial charge in [-0.1, -0.05) is 13.8 Å². The van der Waals surface area contributed by atoms with Gasteiger partial charge in [-0.05, 0) is 30.6 Å². The van der Waals surface area contributed by atoms with Crippen molar-refractivity contribution in [3.8, 4) is 6.07 Å². The predicted molar refractivity (Wildman–Crippen MR) is 54.7 cm³/mol. The lowest BCUT2D eigenvalue weighted by molar-refractivity contribution is -0.126. The molecule has 2 aliphatic rings. The number of rotatable bonds is 2. The molecule has 3 nitrogen and oxygen atoms in total. The van der Waals surface area contributed by atoms with Crippen LogP contribution in [-0.2, 0) is 4.79 Å². The van der Waals surface area contributed by atoms with E-state index in [1.807, 2.05) is 0 Å². The average Bonchev–Trinajstić information content (AvgIpc) is 2.56. The van der Waals surface area contributed by atoms with Gasteiger partial charge in [0.2, 0.25) is 0 Å². The summed E-state index contributed by atoms with van der Waals surface area (Å²) in [5.41, 5.74) is 0.0803. The number of ketones is 1. The van der Waals surface area contributed by atoms with E-state index < -0.39 is 6.10 Å². The van der Waals surface area contributed by atoms with E-state index in [1.165, 1.54) is 0 Å². The first-order valence-electron chi connectivity index (χ1n) is 5.60. The van der Waals surface area contributed by atoms with Crippen LogP contribution in [0.4, 0.5) is 0 Å². The standard InChI is InChI=1S/C12H17NO2/c1-12(2)9-3-4-10(12)11(15)8(9)5-7(14)6-13/h7-10,14H,3-5H2,1-2H3/t7?,8-,9+,10-/m0/s1. The van der Waals surface area contributed by atoms with Gasteiger partial charge >= 0.3 is 0 Å². The number of Topliss-reactive ketones (excluding diaryl/α,β-unsaturated/α-hetero) is 1. The molecule has 82 valence electrons. The lowest BCUT2D eigenvalue weighted by Gasteiger charge is -2.25. The maximum atomic E-state index is 12.0. The maximum Gasteiger partial charge on any atom is 0.141 e. The van der Waals surface area contributed by atoms with E-state index in [0.717, 1.165) is 12.8 Å². The van der Waals surface area contributed by atoms with Crippen LogP contribution in [0.3, 0.4) is 0 Å². The lowest BCUT2D eigenvalue weighted by atomic mass is 9.79. The molecule has 2 aliphatic carbocycles. The molecule has 2 fully saturated rings. The fourth-order valence-corrected chi connectivity index (χ4v) is 3.61. The van der Waals surface area contributed by atoms with Crippen LogP contribution in [0.5, 0.6) is 0 Å². The van der Waals surface area contributed by atoms with Crippen molar-refractivity contribution < 1.29 is 9.90 Å². The summed E-state index contributed by atoms with van der Waals surface area (Å²) in [5.74, 6) is 0.746. The summed E-state index contributed by atoms with van der Waals surface area (Å²) in [5, 5.41) is 17.9. The highest BCUT2D eigenvalue weighted by Crippen LogP contribution is 2.59. The van der Waals surface area contributed by atoms with Crippen molar-refractivity contribution in [2.45, 2.75) is 39.2 Å². The van der Waals surface area contributed by atoms with E-state index in [9.17, 15) is 9.90 Å². The minimum Gasteiger partial charge on any atom is -0.378 e. The van der Waals surface area contributed by atoms with Gasteiger partial charge in [0.05, 0.1) is 6.07 Å². The second-order valence-corrected chi connectivity index (χ2v) is 5.45. The molecule has 0 aliphatic heterocycles. The number of nitrogens with zero attached hydrogens (tertiary/aromatic N) is 1. The molecule has 15 heavy (non-hydrogen) atoms. The van der Waals surface area contributed by atoms with E-state index in [0.29, 0.717) is 12.3 Å². The summed E-state index contributed by atoms with van der Waals surface area (Å²) in [6, 6.07) is 1.80. The summed E-state index contributed by atoms with van der Waals surface area (Å²) >= 11 is 0. The molecule has 2 rings (SSSR count). The van der Waals surface area contributed by atoms with E-state index in [4.69, 9.17) is 5.26 Å². The normalized spacial score (nSPS) is 39.1. The summed E-state index contributed by atoms with van der Waals surface area (Å²) < 4.78 is 0. The highest BCUT2D eigenvalue weighted by Gasteiger charge is 2.58. The quantitative estimate of drug-likeness (QED) is 0.698. The van der Waals surface area contributed by atoms with E-state index in [-0.39, 0.29) is 23.0 Å². The van der Waals surface area contributed by atoms with Crippen LogP contribution >= 0.6 is 0 Å². The van der Waals surface area contributed by atoms with Gasteiger partial charge in [-0.3, -0.25) is 4.79 Å². The Kier molecular flexibility index (Phi) is 2.35. The zero-order chi connectivity index (χ0) is 11.2. The van der Waals surface area contributed by atoms with Gasteiger partial charge in [0.25, 0.3) is 0 Å². The molecule has 0 aromatic carbocycles. The number of carbonyl (C=O) groups excluding carboxylic acids is 1. The summed E-state index contributed by atoms with van der Waals surface area (Å²) in [6.07, 6.45) is 1.43. The lowest BCUT2D eigenvalue weighted by Crippen LogP contribution is -2.25. The van der Waals surface area contributed by atoms with E-state index in [2.05, 4.69) is 13.8 Å². The van der Waals surface area contributed by atoms with Crippen LogP contribution in [-0.4, -0.2) is 17.0 Å². The Bertz CT molecular complexity index is 329. The molecule has 3 heteroatoms. The molecule has 1 unspecified atom stereocenters. The Balaban J connectivity index is 2.17. The summed E-state index contributed by atoms with van der Waals surface area (Å²) in [6.45, 7) is 4.29. The van der Waals surface area contributed by atoms with Crippen LogP contribution in [0.15, 0.2) is 0 Å². The SMILES string of the molecule is CC1(C)[C@@H]2CC[C@H]1C(=O)[C@H]2CC(O)C#N. The first-order chi connectivity index (χ1) is 6.98. The fraction of sp³-hybridized carbons (Fsp3) is 0.833. The number of fused-ring (bicyclic) bond motifs is 2. The van der Waals surface area contributed by atoms with Gasteiger partial charge in [0.15, 0.2) is 0 Å². The van der Waals surface area contributed by atoms with Crippen molar-refractivity contribution in [2.75, 3.05) is 0 Å². The number of carbonyl (C=O) groups is 1. The topological polar surface area (TPSA) is 61.1 Å². The van der Waals surface area contributed by atoms with Crippen LogP contribution in [0, 0.1) is 34.5 Å². The molecule has 2 saturated carbocycles. The summed E-state index contributed by atoms with van der Waals surface area (Å²) in [4.78, 5) is 12.0. The third-order valence-corrected chi connectivity index (χ3v) is 4.44. The monoisotopic (exact) mass is 207 g/mol. The molecular weight excluding hydrogens is 190 g/mol. The predicted octanol–water partition coefficient (Wildman–Crippen LogP) is 1.51. The van der Waals surface area contributed by atoms with E-state index >= 15 is 0 Å². The molecule has 0 spiro atoms. The second-order valence-electron chi connectivity index (χ2n) is 5.45. The van der Waals surface area contributed by atoms with Crippen LogP contribution in [0.2, 0.25) is 0 Å². The zero-order valence-corrected chi connectivity index (χ0v) is 9.23. The van der Waals surface area contributed by atoms with Gasteiger partial charge in [-0.2, -0.15) is 5.26 Å². The smallest absolute Gasteiger partial charge is 0.141 e. The van der Waals surface area contributed by atoms with Crippen LogP contribution < -0.4 is 0 Å². The van der Waals surface area contributed by atoms with Crippen molar-refractivity contribution in [2.24, 2.45) is 23.2 Å². The third kappa shape index (κ3) is 1.39. The minimum atomic E-state index is -0.978. The molecule has 0 radical (unpaired) electrons. The molecule has 0 aromatic rings. The van der Waals surface area contributed by atoms with Crippen LogP contribution in [0.25, 0.3) is 0 Å². The first-order valence-corrected chi connectivity index (χ1v) is 5.60. The van der Waals surface area contributed by atoms with Crippen molar-refractivity contribution in [3.63, 3.8) is 0 Å². The number of aliphatic hydroxyl groups excluding tert-OH is 1. The molecular formula is C12H17NO2. The van der Waals surface area contributed by atoms with Crippen LogP contribution in [0.1, 0.15) is 33.1 Å². The molecule has 1 N–H and O–H groups in total. The van der Waals surface area contributed by atoms with Crippen molar-refractivity contribution in [1.82, 2.24) is 0 Å². The number of hydrogen-bond donors (Lipinski definition) is 1. The largest absolute Gasteiger partial charge is 0.378 e. The Morgan fingerprint density at radius 3 is 2.73 bits per heavy atom. The highest BCUT2D eigenvalue weighted by molar-refractivity contribution is 5.88.